The number of alkyl carbamates (subject to hydrolysis) is 1. The highest BCUT2D eigenvalue weighted by Gasteiger charge is 2.31. The highest BCUT2D eigenvalue weighted by Crippen LogP contribution is 2.12. The molecule has 0 unspecified atom stereocenters. The molecule has 2 N–H and O–H groups in total. The molecule has 1 aromatic carbocycles. The number of nitriles is 1. The summed E-state index contributed by atoms with van der Waals surface area (Å²) >= 11 is 0. The number of esters is 1. The van der Waals surface area contributed by atoms with Crippen LogP contribution in [0.4, 0.5) is 4.79 Å². The first kappa shape index (κ1) is 24.0. The summed E-state index contributed by atoms with van der Waals surface area (Å²) in [6.07, 6.45) is -0.303. The predicted octanol–water partition coefficient (Wildman–Crippen LogP) is 2.54. The van der Waals surface area contributed by atoms with E-state index >= 15 is 0 Å². The van der Waals surface area contributed by atoms with Crippen molar-refractivity contribution < 1.29 is 23.9 Å². The summed E-state index contributed by atoms with van der Waals surface area (Å²) in [4.78, 5) is 37.0. The zero-order valence-corrected chi connectivity index (χ0v) is 17.3. The van der Waals surface area contributed by atoms with Gasteiger partial charge in [0.1, 0.15) is 18.7 Å². The minimum Gasteiger partial charge on any atom is -0.467 e. The Balaban J connectivity index is 2.78. The molecule has 3 atom stereocenters. The average Bonchev–Trinajstić information content (AvgIpc) is 2.69. The number of ether oxygens (including phenoxy) is 2. The molecule has 2 amide bonds. The predicted molar refractivity (Wildman–Crippen MR) is 106 cm³/mol. The van der Waals surface area contributed by atoms with E-state index in [1.54, 1.807) is 6.92 Å². The van der Waals surface area contributed by atoms with Crippen molar-refractivity contribution in [3.8, 4) is 6.07 Å². The van der Waals surface area contributed by atoms with Gasteiger partial charge >= 0.3 is 12.1 Å². The van der Waals surface area contributed by atoms with Crippen molar-refractivity contribution in [1.29, 1.82) is 5.26 Å². The summed E-state index contributed by atoms with van der Waals surface area (Å²) < 4.78 is 9.92. The monoisotopic (exact) mass is 403 g/mol. The summed E-state index contributed by atoms with van der Waals surface area (Å²) in [6, 6.07) is 9.28. The highest BCUT2D eigenvalue weighted by molar-refractivity contribution is 5.89. The standard InChI is InChI=1S/C21H29N3O5/c1-14(2)12-17(23-21(27)29-13-16-8-6-5-7-9-16)19(25)24-18(20(26)28-4)15(3)10-11-22/h5-9,14-15,17-18H,10,12-13H2,1-4H3,(H,23,27)(H,24,25)/t15-,17-,18+/m0/s1. The number of carbonyl (C=O) groups is 3. The number of nitrogens with zero attached hydrogens (tertiary/aromatic N) is 1. The van der Waals surface area contributed by atoms with Gasteiger partial charge in [0, 0.05) is 12.3 Å². The Labute approximate surface area is 171 Å². The molecule has 0 spiro atoms. The third kappa shape index (κ3) is 8.64. The number of hydrogen-bond donors (Lipinski definition) is 2. The van der Waals surface area contributed by atoms with E-state index in [1.165, 1.54) is 7.11 Å². The first-order valence-corrected chi connectivity index (χ1v) is 9.50. The van der Waals surface area contributed by atoms with Gasteiger partial charge in [-0.3, -0.25) is 4.79 Å². The lowest BCUT2D eigenvalue weighted by atomic mass is 9.97. The lowest BCUT2D eigenvalue weighted by Gasteiger charge is -2.25. The molecule has 0 heterocycles. The Bertz CT molecular complexity index is 715. The Hall–Kier alpha value is -3.08. The van der Waals surface area contributed by atoms with Gasteiger partial charge in [0.2, 0.25) is 5.91 Å². The van der Waals surface area contributed by atoms with Crippen molar-refractivity contribution in [3.05, 3.63) is 35.9 Å². The van der Waals surface area contributed by atoms with Crippen LogP contribution < -0.4 is 10.6 Å². The van der Waals surface area contributed by atoms with Gasteiger partial charge in [-0.2, -0.15) is 5.26 Å². The molecule has 0 radical (unpaired) electrons. The van der Waals surface area contributed by atoms with E-state index in [2.05, 4.69) is 10.6 Å². The van der Waals surface area contributed by atoms with Gasteiger partial charge in [0.05, 0.1) is 13.2 Å². The third-order valence-corrected chi connectivity index (χ3v) is 4.26. The molecule has 158 valence electrons. The summed E-state index contributed by atoms with van der Waals surface area (Å²) in [5.41, 5.74) is 0.823. The van der Waals surface area contributed by atoms with Gasteiger partial charge in [-0.15, -0.1) is 0 Å². The Kier molecular flexibility index (Phi) is 10.2. The number of benzene rings is 1. The van der Waals surface area contributed by atoms with Crippen LogP contribution in [0, 0.1) is 23.2 Å². The zero-order chi connectivity index (χ0) is 21.8. The number of amides is 2. The molecule has 0 aromatic heterocycles. The topological polar surface area (TPSA) is 118 Å². The van der Waals surface area contributed by atoms with Gasteiger partial charge in [0.15, 0.2) is 0 Å². The molecular formula is C21H29N3O5. The molecule has 1 rings (SSSR count). The number of hydrogen-bond acceptors (Lipinski definition) is 6. The van der Waals surface area contributed by atoms with Crippen LogP contribution in [0.15, 0.2) is 30.3 Å². The van der Waals surface area contributed by atoms with Gasteiger partial charge < -0.3 is 20.1 Å². The second kappa shape index (κ2) is 12.4. The molecule has 0 saturated heterocycles. The van der Waals surface area contributed by atoms with Crippen molar-refractivity contribution in [3.63, 3.8) is 0 Å². The van der Waals surface area contributed by atoms with E-state index in [4.69, 9.17) is 14.7 Å². The lowest BCUT2D eigenvalue weighted by molar-refractivity contribution is -0.146. The quantitative estimate of drug-likeness (QED) is 0.580. The minimum atomic E-state index is -0.982. The van der Waals surface area contributed by atoms with E-state index in [-0.39, 0.29) is 18.9 Å². The van der Waals surface area contributed by atoms with Crippen LogP contribution in [0.1, 0.15) is 39.2 Å². The van der Waals surface area contributed by atoms with Gasteiger partial charge in [0.25, 0.3) is 0 Å². The van der Waals surface area contributed by atoms with Crippen molar-refractivity contribution in [2.45, 2.75) is 52.3 Å². The largest absolute Gasteiger partial charge is 0.467 e. The van der Waals surface area contributed by atoms with E-state index in [1.807, 2.05) is 50.2 Å². The maximum Gasteiger partial charge on any atom is 0.408 e. The summed E-state index contributed by atoms with van der Waals surface area (Å²) in [6.45, 7) is 5.57. The number of carbonyl (C=O) groups excluding carboxylic acids is 3. The van der Waals surface area contributed by atoms with Gasteiger partial charge in [-0.05, 0) is 17.9 Å². The van der Waals surface area contributed by atoms with Crippen LogP contribution in [0.2, 0.25) is 0 Å². The minimum absolute atomic E-state index is 0.0709. The average molecular weight is 403 g/mol. The zero-order valence-electron chi connectivity index (χ0n) is 17.3. The molecule has 29 heavy (non-hydrogen) atoms. The molecule has 0 bridgehead atoms. The summed E-state index contributed by atoms with van der Waals surface area (Å²) in [7, 11) is 1.21. The molecule has 0 aliphatic rings. The molecule has 8 heteroatoms. The normalized spacial score (nSPS) is 13.5. The van der Waals surface area contributed by atoms with Crippen LogP contribution in [-0.4, -0.2) is 37.2 Å². The van der Waals surface area contributed by atoms with Gasteiger partial charge in [-0.25, -0.2) is 9.59 Å². The molecule has 0 saturated carbocycles. The lowest BCUT2D eigenvalue weighted by Crippen LogP contribution is -2.54. The second-order valence-corrected chi connectivity index (χ2v) is 7.24. The highest BCUT2D eigenvalue weighted by atomic mass is 16.5. The van der Waals surface area contributed by atoms with Crippen LogP contribution in [0.5, 0.6) is 0 Å². The van der Waals surface area contributed by atoms with Crippen molar-refractivity contribution >= 4 is 18.0 Å². The van der Waals surface area contributed by atoms with Crippen LogP contribution in [0.25, 0.3) is 0 Å². The third-order valence-electron chi connectivity index (χ3n) is 4.26. The number of methoxy groups -OCH3 is 1. The van der Waals surface area contributed by atoms with Crippen molar-refractivity contribution in [2.24, 2.45) is 11.8 Å². The Morgan fingerprint density at radius 1 is 1.10 bits per heavy atom. The first-order valence-electron chi connectivity index (χ1n) is 9.50. The molecule has 0 aliphatic carbocycles. The first-order chi connectivity index (χ1) is 13.8. The second-order valence-electron chi connectivity index (χ2n) is 7.24. The molecular weight excluding hydrogens is 374 g/mol. The Morgan fingerprint density at radius 3 is 2.31 bits per heavy atom. The van der Waals surface area contributed by atoms with E-state index in [0.717, 1.165) is 5.56 Å². The Morgan fingerprint density at radius 2 is 1.76 bits per heavy atom. The van der Waals surface area contributed by atoms with Crippen LogP contribution in [-0.2, 0) is 25.7 Å². The number of nitrogens with one attached hydrogen (secondary N) is 2. The molecule has 8 nitrogen and oxygen atoms in total. The van der Waals surface area contributed by atoms with E-state index in [0.29, 0.717) is 6.42 Å². The summed E-state index contributed by atoms with van der Waals surface area (Å²) in [5, 5.41) is 14.0. The van der Waals surface area contributed by atoms with Gasteiger partial charge in [-0.1, -0.05) is 51.1 Å². The summed E-state index contributed by atoms with van der Waals surface area (Å²) in [5.74, 6) is -1.51. The smallest absolute Gasteiger partial charge is 0.408 e. The van der Waals surface area contributed by atoms with Crippen molar-refractivity contribution in [2.75, 3.05) is 7.11 Å². The van der Waals surface area contributed by atoms with Crippen molar-refractivity contribution in [1.82, 2.24) is 10.6 Å². The fourth-order valence-electron chi connectivity index (χ4n) is 2.69. The van der Waals surface area contributed by atoms with Crippen LogP contribution in [0.3, 0.4) is 0 Å². The van der Waals surface area contributed by atoms with Crippen LogP contribution >= 0.6 is 0 Å². The van der Waals surface area contributed by atoms with E-state index in [9.17, 15) is 14.4 Å². The molecule has 1 aromatic rings. The SMILES string of the molecule is COC(=O)[C@H](NC(=O)[C@H](CC(C)C)NC(=O)OCc1ccccc1)[C@@H](C)CC#N. The fraction of sp³-hybridized carbons (Fsp3) is 0.524. The molecule has 0 fully saturated rings. The fourth-order valence-corrected chi connectivity index (χ4v) is 2.69. The molecule has 0 aliphatic heterocycles. The maximum absolute atomic E-state index is 12.8. The maximum atomic E-state index is 12.8. The van der Waals surface area contributed by atoms with E-state index < -0.39 is 36.0 Å². The number of rotatable bonds is 10.